The highest BCUT2D eigenvalue weighted by atomic mass is 14.4. The van der Waals surface area contributed by atoms with Crippen molar-refractivity contribution in [2.45, 2.75) is 25.7 Å². The molecule has 1 nitrogen and oxygen atoms in total. The molecule has 0 aliphatic heterocycles. The maximum absolute atomic E-state index is 7.30. The predicted octanol–water partition coefficient (Wildman–Crippen LogP) is 2.14. The topological polar surface area (TPSA) is 23.9 Å². The first-order valence-corrected chi connectivity index (χ1v) is 3.06. The smallest absolute Gasteiger partial charge is 0.0339 e. The largest absolute Gasteiger partial charge is 0.305 e. The number of rotatable bonds is 0. The molecule has 0 spiro atoms. The van der Waals surface area contributed by atoms with Gasteiger partial charge in [0.1, 0.15) is 0 Å². The number of hydrogen-bond donors (Lipinski definition) is 1. The summed E-state index contributed by atoms with van der Waals surface area (Å²) >= 11 is 0. The van der Waals surface area contributed by atoms with Crippen LogP contribution in [0.25, 0.3) is 0 Å². The number of nitrogens with one attached hydrogen (secondary N) is 1. The van der Waals surface area contributed by atoms with Gasteiger partial charge in [-0.25, -0.2) is 0 Å². The van der Waals surface area contributed by atoms with Gasteiger partial charge >= 0.3 is 0 Å². The molecule has 1 aliphatic rings. The van der Waals surface area contributed by atoms with Crippen LogP contribution in [0.1, 0.15) is 25.7 Å². The Hall–Kier alpha value is -0.590. The van der Waals surface area contributed by atoms with E-state index in [0.717, 1.165) is 24.1 Å². The van der Waals surface area contributed by atoms with Crippen LogP contribution in [0.2, 0.25) is 0 Å². The Balaban J connectivity index is 2.52. The van der Waals surface area contributed by atoms with Gasteiger partial charge in [0.2, 0.25) is 0 Å². The summed E-state index contributed by atoms with van der Waals surface area (Å²) in [5, 5.41) is 7.30. The second-order valence-electron chi connectivity index (χ2n) is 2.29. The number of allylic oxidation sites excluding steroid dienone is 1. The van der Waals surface area contributed by atoms with Crippen LogP contribution in [-0.2, 0) is 0 Å². The lowest BCUT2D eigenvalue weighted by Gasteiger charge is -2.12. The van der Waals surface area contributed by atoms with E-state index in [4.69, 9.17) is 5.41 Å². The Morgan fingerprint density at radius 2 is 1.88 bits per heavy atom. The summed E-state index contributed by atoms with van der Waals surface area (Å²) < 4.78 is 0. The van der Waals surface area contributed by atoms with Gasteiger partial charge in [-0.1, -0.05) is 6.58 Å². The van der Waals surface area contributed by atoms with Crippen molar-refractivity contribution in [3.8, 4) is 0 Å². The van der Waals surface area contributed by atoms with Crippen LogP contribution in [0.5, 0.6) is 0 Å². The maximum atomic E-state index is 7.30. The molecular weight excluding hydrogens is 98.1 g/mol. The highest BCUT2D eigenvalue weighted by Gasteiger charge is 2.07. The van der Waals surface area contributed by atoms with Gasteiger partial charge in [0.05, 0.1) is 0 Å². The van der Waals surface area contributed by atoms with E-state index in [9.17, 15) is 0 Å². The average Bonchev–Trinajstić information content (AvgIpc) is 1.77. The first-order valence-electron chi connectivity index (χ1n) is 3.06. The van der Waals surface area contributed by atoms with Gasteiger partial charge in [-0.15, -0.1) is 0 Å². The van der Waals surface area contributed by atoms with E-state index in [-0.39, 0.29) is 0 Å². The van der Waals surface area contributed by atoms with Crippen molar-refractivity contribution in [3.63, 3.8) is 0 Å². The van der Waals surface area contributed by atoms with E-state index < -0.39 is 0 Å². The van der Waals surface area contributed by atoms with E-state index in [1.54, 1.807) is 0 Å². The van der Waals surface area contributed by atoms with Gasteiger partial charge < -0.3 is 5.41 Å². The standard InChI is InChI=1S/C7H11N/c1-6-4-2-3-5-7(6)8/h8H,1-5H2. The van der Waals surface area contributed by atoms with Crippen LogP contribution in [0.3, 0.4) is 0 Å². The Bertz CT molecular complexity index is 108. The van der Waals surface area contributed by atoms with Crippen molar-refractivity contribution in [1.82, 2.24) is 0 Å². The molecule has 0 aromatic rings. The fourth-order valence-electron chi connectivity index (χ4n) is 0.968. The van der Waals surface area contributed by atoms with Gasteiger partial charge in [0.15, 0.2) is 0 Å². The second kappa shape index (κ2) is 2.12. The summed E-state index contributed by atoms with van der Waals surface area (Å²) in [6, 6.07) is 0. The molecule has 0 aromatic carbocycles. The van der Waals surface area contributed by atoms with E-state index in [1.165, 1.54) is 12.8 Å². The first kappa shape index (κ1) is 5.54. The third kappa shape index (κ3) is 0.971. The Kier molecular flexibility index (Phi) is 1.47. The summed E-state index contributed by atoms with van der Waals surface area (Å²) in [5.41, 5.74) is 1.83. The molecule has 0 atom stereocenters. The van der Waals surface area contributed by atoms with Crippen LogP contribution in [0.15, 0.2) is 12.2 Å². The molecule has 0 heterocycles. The van der Waals surface area contributed by atoms with E-state index in [1.807, 2.05) is 0 Å². The molecule has 1 aliphatic carbocycles. The third-order valence-corrected chi connectivity index (χ3v) is 1.58. The van der Waals surface area contributed by atoms with Gasteiger partial charge in [0, 0.05) is 5.71 Å². The molecule has 1 saturated carbocycles. The Morgan fingerprint density at radius 3 is 2.25 bits per heavy atom. The molecule has 0 aromatic heterocycles. The van der Waals surface area contributed by atoms with Crippen molar-refractivity contribution in [3.05, 3.63) is 12.2 Å². The minimum Gasteiger partial charge on any atom is -0.305 e. The zero-order chi connectivity index (χ0) is 5.98. The quantitative estimate of drug-likeness (QED) is 0.492. The number of hydrogen-bond acceptors (Lipinski definition) is 1. The van der Waals surface area contributed by atoms with Crippen LogP contribution in [-0.4, -0.2) is 5.71 Å². The SMILES string of the molecule is C=C1CCCCC1=N. The van der Waals surface area contributed by atoms with Crippen LogP contribution >= 0.6 is 0 Å². The highest BCUT2D eigenvalue weighted by molar-refractivity contribution is 5.97. The zero-order valence-electron chi connectivity index (χ0n) is 5.04. The van der Waals surface area contributed by atoms with E-state index >= 15 is 0 Å². The fourth-order valence-corrected chi connectivity index (χ4v) is 0.968. The molecule has 1 rings (SSSR count). The van der Waals surface area contributed by atoms with Crippen LogP contribution < -0.4 is 0 Å². The van der Waals surface area contributed by atoms with E-state index in [2.05, 4.69) is 6.58 Å². The normalized spacial score (nSPS) is 21.5. The molecule has 0 amide bonds. The molecule has 8 heavy (non-hydrogen) atoms. The van der Waals surface area contributed by atoms with Crippen molar-refractivity contribution >= 4 is 5.71 Å². The summed E-state index contributed by atoms with van der Waals surface area (Å²) in [5.74, 6) is 0. The van der Waals surface area contributed by atoms with Gasteiger partial charge in [-0.3, -0.25) is 0 Å². The Morgan fingerprint density at radius 1 is 1.25 bits per heavy atom. The zero-order valence-corrected chi connectivity index (χ0v) is 5.04. The lowest BCUT2D eigenvalue weighted by Crippen LogP contribution is -2.05. The lowest BCUT2D eigenvalue weighted by molar-refractivity contribution is 0.732. The highest BCUT2D eigenvalue weighted by Crippen LogP contribution is 2.17. The third-order valence-electron chi connectivity index (χ3n) is 1.58. The molecule has 0 radical (unpaired) electrons. The molecule has 0 unspecified atom stereocenters. The maximum Gasteiger partial charge on any atom is 0.0339 e. The minimum absolute atomic E-state index is 0.774. The molecular formula is C7H11N. The summed E-state index contributed by atoms with van der Waals surface area (Å²) in [6.45, 7) is 3.77. The summed E-state index contributed by atoms with van der Waals surface area (Å²) in [6.07, 6.45) is 4.44. The van der Waals surface area contributed by atoms with Gasteiger partial charge in [0.25, 0.3) is 0 Å². The van der Waals surface area contributed by atoms with E-state index in [0.29, 0.717) is 0 Å². The second-order valence-corrected chi connectivity index (χ2v) is 2.29. The average molecular weight is 109 g/mol. The summed E-state index contributed by atoms with van der Waals surface area (Å²) in [7, 11) is 0. The first-order chi connectivity index (χ1) is 3.80. The lowest BCUT2D eigenvalue weighted by atomic mass is 9.94. The summed E-state index contributed by atoms with van der Waals surface area (Å²) in [4.78, 5) is 0. The van der Waals surface area contributed by atoms with Crippen LogP contribution in [0.4, 0.5) is 0 Å². The monoisotopic (exact) mass is 109 g/mol. The van der Waals surface area contributed by atoms with Crippen LogP contribution in [0, 0.1) is 5.41 Å². The fraction of sp³-hybridized carbons (Fsp3) is 0.571. The Labute approximate surface area is 49.9 Å². The van der Waals surface area contributed by atoms with Gasteiger partial charge in [-0.2, -0.15) is 0 Å². The molecule has 1 heteroatoms. The van der Waals surface area contributed by atoms with Crippen molar-refractivity contribution in [2.75, 3.05) is 0 Å². The molecule has 0 saturated heterocycles. The van der Waals surface area contributed by atoms with Crippen molar-refractivity contribution in [2.24, 2.45) is 0 Å². The van der Waals surface area contributed by atoms with Crippen molar-refractivity contribution < 1.29 is 0 Å². The molecule has 44 valence electrons. The molecule has 1 fully saturated rings. The molecule has 1 N–H and O–H groups in total. The minimum atomic E-state index is 0.774. The molecule has 0 bridgehead atoms. The predicted molar refractivity (Wildman–Crippen MR) is 35.3 cm³/mol. The van der Waals surface area contributed by atoms with Crippen molar-refractivity contribution in [1.29, 1.82) is 5.41 Å². The van der Waals surface area contributed by atoms with Gasteiger partial charge in [-0.05, 0) is 31.3 Å².